The molecule has 20 heavy (non-hydrogen) atoms. The molecule has 2 aromatic rings. The summed E-state index contributed by atoms with van der Waals surface area (Å²) < 4.78 is 5.73. The Kier molecular flexibility index (Phi) is 4.58. The maximum absolute atomic E-state index is 11.5. The number of nitrogens with zero attached hydrogens (tertiary/aromatic N) is 1. The van der Waals surface area contributed by atoms with Crippen molar-refractivity contribution in [2.75, 3.05) is 20.7 Å². The molecule has 0 spiro atoms. The Morgan fingerprint density at radius 3 is 2.65 bits per heavy atom. The van der Waals surface area contributed by atoms with Gasteiger partial charge >= 0.3 is 0 Å². The molecule has 0 radical (unpaired) electrons. The van der Waals surface area contributed by atoms with Crippen LogP contribution >= 0.6 is 0 Å². The van der Waals surface area contributed by atoms with Gasteiger partial charge in [0.05, 0.1) is 13.0 Å². The smallest absolute Gasteiger partial charge is 0.225 e. The Labute approximate surface area is 119 Å². The van der Waals surface area contributed by atoms with Crippen LogP contribution in [0.3, 0.4) is 0 Å². The molecule has 0 atom stereocenters. The van der Waals surface area contributed by atoms with Crippen molar-refractivity contribution in [1.82, 2.24) is 4.90 Å². The number of hydrogen-bond acceptors (Lipinski definition) is 3. The van der Waals surface area contributed by atoms with Crippen molar-refractivity contribution in [2.45, 2.75) is 13.0 Å². The van der Waals surface area contributed by atoms with E-state index in [1.807, 2.05) is 36.4 Å². The van der Waals surface area contributed by atoms with Crippen LogP contribution in [-0.2, 0) is 11.3 Å². The highest BCUT2D eigenvalue weighted by Crippen LogP contribution is 2.27. The van der Waals surface area contributed by atoms with Crippen LogP contribution in [0, 0.1) is 0 Å². The second-order valence-electron chi connectivity index (χ2n) is 4.85. The van der Waals surface area contributed by atoms with Gasteiger partial charge in [0.1, 0.15) is 5.75 Å². The summed E-state index contributed by atoms with van der Waals surface area (Å²) >= 11 is 0. The van der Waals surface area contributed by atoms with Crippen LogP contribution in [-0.4, -0.2) is 31.5 Å². The predicted octanol–water partition coefficient (Wildman–Crippen LogP) is 2.16. The number of ether oxygens (including phenoxy) is 1. The number of nitrogens with two attached hydrogens (primary N) is 1. The summed E-state index contributed by atoms with van der Waals surface area (Å²) in [6, 6.07) is 12.0. The first-order valence-electron chi connectivity index (χ1n) is 6.67. The van der Waals surface area contributed by atoms with Crippen molar-refractivity contribution in [1.29, 1.82) is 0 Å². The van der Waals surface area contributed by atoms with Crippen LogP contribution in [0.25, 0.3) is 10.8 Å². The van der Waals surface area contributed by atoms with E-state index in [1.54, 1.807) is 19.0 Å². The van der Waals surface area contributed by atoms with E-state index in [-0.39, 0.29) is 5.91 Å². The van der Waals surface area contributed by atoms with Crippen LogP contribution in [0.15, 0.2) is 36.4 Å². The van der Waals surface area contributed by atoms with Gasteiger partial charge in [-0.2, -0.15) is 0 Å². The van der Waals surface area contributed by atoms with Crippen molar-refractivity contribution in [2.24, 2.45) is 5.73 Å². The molecule has 0 fully saturated rings. The summed E-state index contributed by atoms with van der Waals surface area (Å²) in [5.74, 6) is 0.817. The molecular formula is C16H20N2O2. The lowest BCUT2D eigenvalue weighted by Gasteiger charge is -2.14. The first-order chi connectivity index (χ1) is 9.63. The average Bonchev–Trinajstić information content (AvgIpc) is 2.46. The fourth-order valence-electron chi connectivity index (χ4n) is 2.13. The molecule has 4 nitrogen and oxygen atoms in total. The summed E-state index contributed by atoms with van der Waals surface area (Å²) in [7, 11) is 3.48. The minimum absolute atomic E-state index is 0.0556. The number of carbonyl (C=O) groups is 1. The third kappa shape index (κ3) is 3.08. The minimum atomic E-state index is 0.0556. The van der Waals surface area contributed by atoms with E-state index in [9.17, 15) is 4.79 Å². The van der Waals surface area contributed by atoms with E-state index < -0.39 is 0 Å². The molecule has 0 aromatic heterocycles. The van der Waals surface area contributed by atoms with E-state index in [0.717, 1.165) is 22.1 Å². The fraction of sp³-hybridized carbons (Fsp3) is 0.312. The highest BCUT2D eigenvalue weighted by Gasteiger charge is 2.09. The standard InChI is InChI=1S/C16H20N2O2/c1-18(2)16(19)9-10-20-15-8-7-12-5-3-4-6-13(12)14(15)11-17/h3-8H,9-11,17H2,1-2H3. The zero-order valence-electron chi connectivity index (χ0n) is 11.9. The molecular weight excluding hydrogens is 252 g/mol. The van der Waals surface area contributed by atoms with Gasteiger partial charge in [0, 0.05) is 26.2 Å². The molecule has 0 unspecified atom stereocenters. The van der Waals surface area contributed by atoms with E-state index in [1.165, 1.54) is 0 Å². The molecule has 4 heteroatoms. The van der Waals surface area contributed by atoms with Crippen molar-refractivity contribution in [3.8, 4) is 5.75 Å². The van der Waals surface area contributed by atoms with Crippen LogP contribution in [0.4, 0.5) is 0 Å². The van der Waals surface area contributed by atoms with Crippen molar-refractivity contribution >= 4 is 16.7 Å². The molecule has 0 bridgehead atoms. The molecule has 2 N–H and O–H groups in total. The van der Waals surface area contributed by atoms with Gasteiger partial charge in [-0.05, 0) is 16.8 Å². The highest BCUT2D eigenvalue weighted by molar-refractivity contribution is 5.87. The molecule has 0 aliphatic heterocycles. The van der Waals surface area contributed by atoms with E-state index in [0.29, 0.717) is 19.6 Å². The zero-order chi connectivity index (χ0) is 14.5. The third-order valence-corrected chi connectivity index (χ3v) is 3.27. The molecule has 2 aromatic carbocycles. The lowest BCUT2D eigenvalue weighted by atomic mass is 10.0. The SMILES string of the molecule is CN(C)C(=O)CCOc1ccc2ccccc2c1CN. The summed E-state index contributed by atoms with van der Waals surface area (Å²) in [5.41, 5.74) is 6.83. The predicted molar refractivity (Wildman–Crippen MR) is 80.6 cm³/mol. The molecule has 1 amide bonds. The maximum Gasteiger partial charge on any atom is 0.225 e. The van der Waals surface area contributed by atoms with Gasteiger partial charge < -0.3 is 15.4 Å². The Morgan fingerprint density at radius 1 is 1.20 bits per heavy atom. The largest absolute Gasteiger partial charge is 0.493 e. The second kappa shape index (κ2) is 6.39. The minimum Gasteiger partial charge on any atom is -0.493 e. The third-order valence-electron chi connectivity index (χ3n) is 3.27. The molecule has 0 aliphatic carbocycles. The Hall–Kier alpha value is -2.07. The number of rotatable bonds is 5. The lowest BCUT2D eigenvalue weighted by Crippen LogP contribution is -2.23. The first-order valence-corrected chi connectivity index (χ1v) is 6.67. The molecule has 106 valence electrons. The van der Waals surface area contributed by atoms with E-state index in [4.69, 9.17) is 10.5 Å². The number of carbonyl (C=O) groups excluding carboxylic acids is 1. The summed E-state index contributed by atoms with van der Waals surface area (Å²) in [6.45, 7) is 0.778. The molecule has 2 rings (SSSR count). The number of hydrogen-bond donors (Lipinski definition) is 1. The quantitative estimate of drug-likeness (QED) is 0.907. The van der Waals surface area contributed by atoms with Gasteiger partial charge in [0.25, 0.3) is 0 Å². The van der Waals surface area contributed by atoms with Crippen LogP contribution < -0.4 is 10.5 Å². The fourth-order valence-corrected chi connectivity index (χ4v) is 2.13. The van der Waals surface area contributed by atoms with Crippen LogP contribution in [0.2, 0.25) is 0 Å². The van der Waals surface area contributed by atoms with Gasteiger partial charge in [-0.3, -0.25) is 4.79 Å². The van der Waals surface area contributed by atoms with Gasteiger partial charge in [-0.25, -0.2) is 0 Å². The maximum atomic E-state index is 11.5. The molecule has 0 aliphatic rings. The monoisotopic (exact) mass is 272 g/mol. The Bertz CT molecular complexity index is 608. The van der Waals surface area contributed by atoms with Gasteiger partial charge in [0.2, 0.25) is 5.91 Å². The van der Waals surface area contributed by atoms with Gasteiger partial charge in [-0.1, -0.05) is 30.3 Å². The number of fused-ring (bicyclic) bond motifs is 1. The molecule has 0 saturated heterocycles. The highest BCUT2D eigenvalue weighted by atomic mass is 16.5. The van der Waals surface area contributed by atoms with Crippen molar-refractivity contribution < 1.29 is 9.53 Å². The Morgan fingerprint density at radius 2 is 1.95 bits per heavy atom. The normalized spacial score (nSPS) is 10.6. The van der Waals surface area contributed by atoms with E-state index >= 15 is 0 Å². The zero-order valence-corrected chi connectivity index (χ0v) is 11.9. The first kappa shape index (κ1) is 14.3. The van der Waals surface area contributed by atoms with Crippen molar-refractivity contribution in [3.05, 3.63) is 42.0 Å². The van der Waals surface area contributed by atoms with Crippen LogP contribution in [0.1, 0.15) is 12.0 Å². The topological polar surface area (TPSA) is 55.6 Å². The number of amides is 1. The lowest BCUT2D eigenvalue weighted by molar-refractivity contribution is -0.129. The van der Waals surface area contributed by atoms with Crippen LogP contribution in [0.5, 0.6) is 5.75 Å². The molecule has 0 saturated carbocycles. The summed E-state index contributed by atoms with van der Waals surface area (Å²) in [5, 5.41) is 2.25. The average molecular weight is 272 g/mol. The number of benzene rings is 2. The van der Waals surface area contributed by atoms with E-state index in [2.05, 4.69) is 0 Å². The summed E-state index contributed by atoms with van der Waals surface area (Å²) in [6.07, 6.45) is 0.365. The Balaban J connectivity index is 2.16. The molecule has 0 heterocycles. The van der Waals surface area contributed by atoms with Gasteiger partial charge in [-0.15, -0.1) is 0 Å². The van der Waals surface area contributed by atoms with Crippen molar-refractivity contribution in [3.63, 3.8) is 0 Å². The second-order valence-corrected chi connectivity index (χ2v) is 4.85. The summed E-state index contributed by atoms with van der Waals surface area (Å²) in [4.78, 5) is 13.1. The van der Waals surface area contributed by atoms with Gasteiger partial charge in [0.15, 0.2) is 0 Å².